The lowest BCUT2D eigenvalue weighted by atomic mass is 9.95. The number of amides is 1. The van der Waals surface area contributed by atoms with Crippen LogP contribution in [0.3, 0.4) is 0 Å². The second kappa shape index (κ2) is 7.77. The maximum atomic E-state index is 13.4. The Hall–Kier alpha value is -1.91. The van der Waals surface area contributed by atoms with E-state index in [0.717, 1.165) is 24.0 Å². The molecular weight excluding hydrogens is 327 g/mol. The van der Waals surface area contributed by atoms with Crippen molar-refractivity contribution >= 4 is 18.3 Å². The molecule has 1 saturated carbocycles. The molecule has 1 atom stereocenters. The zero-order valence-corrected chi connectivity index (χ0v) is 14.2. The monoisotopic (exact) mass is 348 g/mol. The normalized spacial score (nSPS) is 15.9. The zero-order valence-electron chi connectivity index (χ0n) is 13.4. The quantitative estimate of drug-likeness (QED) is 0.839. The van der Waals surface area contributed by atoms with E-state index in [1.54, 1.807) is 12.1 Å². The largest absolute Gasteiger partial charge is 0.355 e. The van der Waals surface area contributed by atoms with Crippen molar-refractivity contribution < 1.29 is 9.18 Å². The van der Waals surface area contributed by atoms with Crippen LogP contribution in [-0.2, 0) is 10.2 Å². The van der Waals surface area contributed by atoms with Crippen LogP contribution < -0.4 is 11.1 Å². The molecule has 0 bridgehead atoms. The minimum Gasteiger partial charge on any atom is -0.355 e. The first-order valence-electron chi connectivity index (χ1n) is 7.92. The highest BCUT2D eigenvalue weighted by atomic mass is 35.5. The molecule has 1 amide bonds. The number of carbonyl (C=O) groups excluding carboxylic acids is 1. The first-order valence-corrected chi connectivity index (χ1v) is 7.92. The second-order valence-electron chi connectivity index (χ2n) is 6.29. The average Bonchev–Trinajstić information content (AvgIpc) is 3.35. The summed E-state index contributed by atoms with van der Waals surface area (Å²) in [6, 6.07) is 15.9. The Morgan fingerprint density at radius 2 is 1.88 bits per heavy atom. The van der Waals surface area contributed by atoms with E-state index in [2.05, 4.69) is 5.32 Å². The van der Waals surface area contributed by atoms with Crippen LogP contribution in [0, 0.1) is 5.82 Å². The maximum absolute atomic E-state index is 13.4. The lowest BCUT2D eigenvalue weighted by Gasteiger charge is -2.18. The van der Waals surface area contributed by atoms with Gasteiger partial charge in [-0.15, -0.1) is 12.4 Å². The number of halogens is 2. The van der Waals surface area contributed by atoms with Crippen LogP contribution in [0.2, 0.25) is 0 Å². The summed E-state index contributed by atoms with van der Waals surface area (Å²) in [5.74, 6) is -0.296. The highest BCUT2D eigenvalue weighted by Crippen LogP contribution is 2.47. The fourth-order valence-corrected chi connectivity index (χ4v) is 2.89. The summed E-state index contributed by atoms with van der Waals surface area (Å²) in [6.45, 7) is 0.538. The number of carbonyl (C=O) groups is 1. The lowest BCUT2D eigenvalue weighted by molar-refractivity contribution is -0.121. The fraction of sp³-hybridized carbons (Fsp3) is 0.316. The summed E-state index contributed by atoms with van der Waals surface area (Å²) < 4.78 is 13.4. The summed E-state index contributed by atoms with van der Waals surface area (Å²) in [4.78, 5) is 12.1. The molecule has 0 aromatic heterocycles. The highest BCUT2D eigenvalue weighted by molar-refractivity contribution is 5.85. The number of rotatable bonds is 6. The summed E-state index contributed by atoms with van der Waals surface area (Å²) in [5.41, 5.74) is 7.88. The van der Waals surface area contributed by atoms with Gasteiger partial charge >= 0.3 is 0 Å². The van der Waals surface area contributed by atoms with Crippen LogP contribution in [0.1, 0.15) is 36.4 Å². The van der Waals surface area contributed by atoms with Gasteiger partial charge in [-0.3, -0.25) is 4.79 Å². The van der Waals surface area contributed by atoms with Crippen molar-refractivity contribution in [1.29, 1.82) is 0 Å². The minimum absolute atomic E-state index is 0. The van der Waals surface area contributed by atoms with E-state index in [9.17, 15) is 9.18 Å². The molecule has 0 spiro atoms. The van der Waals surface area contributed by atoms with Crippen molar-refractivity contribution in [2.24, 2.45) is 5.73 Å². The lowest BCUT2D eigenvalue weighted by Crippen LogP contribution is -2.34. The van der Waals surface area contributed by atoms with E-state index in [1.165, 1.54) is 6.07 Å². The van der Waals surface area contributed by atoms with Crippen molar-refractivity contribution in [3.63, 3.8) is 0 Å². The standard InChI is InChI=1S/C19H21FN2O.ClH/c20-16-8-4-7-15(11-16)19(9-10-19)13-22-18(23)12-17(21)14-5-2-1-3-6-14;/h1-8,11,17H,9-10,12-13,21H2,(H,22,23);1H. The molecule has 128 valence electrons. The van der Waals surface area contributed by atoms with Gasteiger partial charge in [-0.05, 0) is 36.1 Å². The highest BCUT2D eigenvalue weighted by Gasteiger charge is 2.44. The van der Waals surface area contributed by atoms with Gasteiger partial charge in [0, 0.05) is 24.4 Å². The Labute approximate surface area is 147 Å². The van der Waals surface area contributed by atoms with Crippen LogP contribution in [-0.4, -0.2) is 12.5 Å². The first kappa shape index (κ1) is 18.4. The zero-order chi connectivity index (χ0) is 16.3. The van der Waals surface area contributed by atoms with E-state index < -0.39 is 0 Å². The van der Waals surface area contributed by atoms with Crippen LogP contribution in [0.15, 0.2) is 54.6 Å². The van der Waals surface area contributed by atoms with Crippen LogP contribution in [0.5, 0.6) is 0 Å². The molecule has 24 heavy (non-hydrogen) atoms. The number of nitrogens with two attached hydrogens (primary N) is 1. The molecule has 0 aliphatic heterocycles. The Bertz CT molecular complexity index is 689. The van der Waals surface area contributed by atoms with Gasteiger partial charge in [0.2, 0.25) is 5.91 Å². The Morgan fingerprint density at radius 1 is 1.17 bits per heavy atom. The molecule has 1 aliphatic carbocycles. The predicted octanol–water partition coefficient (Wildman–Crippen LogP) is 3.49. The van der Waals surface area contributed by atoms with Crippen LogP contribution in [0.25, 0.3) is 0 Å². The molecule has 2 aromatic rings. The topological polar surface area (TPSA) is 55.1 Å². The molecule has 0 heterocycles. The summed E-state index contributed by atoms with van der Waals surface area (Å²) in [5, 5.41) is 2.96. The average molecular weight is 349 g/mol. The second-order valence-corrected chi connectivity index (χ2v) is 6.29. The van der Waals surface area contributed by atoms with Gasteiger partial charge in [0.05, 0.1) is 0 Å². The molecule has 1 aliphatic rings. The van der Waals surface area contributed by atoms with E-state index >= 15 is 0 Å². The molecule has 1 fully saturated rings. The van der Waals surface area contributed by atoms with Crippen molar-refractivity contribution in [3.8, 4) is 0 Å². The third-order valence-corrected chi connectivity index (χ3v) is 4.55. The molecule has 0 radical (unpaired) electrons. The van der Waals surface area contributed by atoms with Gasteiger partial charge in [0.15, 0.2) is 0 Å². The fourth-order valence-electron chi connectivity index (χ4n) is 2.89. The Morgan fingerprint density at radius 3 is 2.50 bits per heavy atom. The Balaban J connectivity index is 0.00000208. The van der Waals surface area contributed by atoms with Gasteiger partial charge in [-0.25, -0.2) is 4.39 Å². The van der Waals surface area contributed by atoms with Crippen molar-refractivity contribution in [3.05, 3.63) is 71.5 Å². The van der Waals surface area contributed by atoms with Crippen LogP contribution in [0.4, 0.5) is 4.39 Å². The van der Waals surface area contributed by atoms with Crippen molar-refractivity contribution in [2.45, 2.75) is 30.7 Å². The first-order chi connectivity index (χ1) is 11.1. The summed E-state index contributed by atoms with van der Waals surface area (Å²) in [6.07, 6.45) is 2.20. The molecule has 1 unspecified atom stereocenters. The van der Waals surface area contributed by atoms with Crippen LogP contribution >= 0.6 is 12.4 Å². The molecule has 3 rings (SSSR count). The molecule has 0 saturated heterocycles. The van der Waals surface area contributed by atoms with Gasteiger partial charge in [-0.1, -0.05) is 42.5 Å². The van der Waals surface area contributed by atoms with Crippen molar-refractivity contribution in [1.82, 2.24) is 5.32 Å². The SMILES string of the molecule is Cl.NC(CC(=O)NCC1(c2cccc(F)c2)CC1)c1ccccc1. The summed E-state index contributed by atoms with van der Waals surface area (Å²) >= 11 is 0. The summed E-state index contributed by atoms with van der Waals surface area (Å²) in [7, 11) is 0. The molecular formula is C19H22ClFN2O. The van der Waals surface area contributed by atoms with Gasteiger partial charge in [0.25, 0.3) is 0 Å². The van der Waals surface area contributed by atoms with Gasteiger partial charge in [0.1, 0.15) is 5.82 Å². The van der Waals surface area contributed by atoms with Gasteiger partial charge in [-0.2, -0.15) is 0 Å². The third-order valence-electron chi connectivity index (χ3n) is 4.55. The molecule has 3 N–H and O–H groups in total. The molecule has 2 aromatic carbocycles. The minimum atomic E-state index is -0.305. The number of benzene rings is 2. The molecule has 5 heteroatoms. The van der Waals surface area contributed by atoms with E-state index in [0.29, 0.717) is 6.54 Å². The molecule has 3 nitrogen and oxygen atoms in total. The Kier molecular flexibility index (Phi) is 5.97. The smallest absolute Gasteiger partial charge is 0.221 e. The van der Waals surface area contributed by atoms with E-state index in [1.807, 2.05) is 36.4 Å². The number of hydrogen-bond donors (Lipinski definition) is 2. The third kappa shape index (κ3) is 4.34. The number of hydrogen-bond acceptors (Lipinski definition) is 2. The van der Waals surface area contributed by atoms with E-state index in [4.69, 9.17) is 5.73 Å². The maximum Gasteiger partial charge on any atom is 0.221 e. The van der Waals surface area contributed by atoms with Gasteiger partial charge < -0.3 is 11.1 Å². The number of nitrogens with one attached hydrogen (secondary N) is 1. The predicted molar refractivity (Wildman–Crippen MR) is 95.6 cm³/mol. The van der Waals surface area contributed by atoms with Crippen molar-refractivity contribution in [2.75, 3.05) is 6.54 Å². The van der Waals surface area contributed by atoms with E-state index in [-0.39, 0.29) is 42.0 Å².